The first-order valence-corrected chi connectivity index (χ1v) is 9.50. The number of hydrogen-bond acceptors (Lipinski definition) is 4. The van der Waals surface area contributed by atoms with Crippen LogP contribution in [0.15, 0.2) is 53.4 Å². The predicted octanol–water partition coefficient (Wildman–Crippen LogP) is 2.96. The molecule has 25 heavy (non-hydrogen) atoms. The Morgan fingerprint density at radius 2 is 2.04 bits per heavy atom. The van der Waals surface area contributed by atoms with Crippen LogP contribution in [0, 0.1) is 11.3 Å². The maximum Gasteiger partial charge on any atom is 0.243 e. The summed E-state index contributed by atoms with van der Waals surface area (Å²) in [4.78, 5) is 7.96. The van der Waals surface area contributed by atoms with Crippen molar-refractivity contribution in [3.05, 3.63) is 59.9 Å². The number of hydrogen-bond donors (Lipinski definition) is 1. The molecule has 1 N–H and O–H groups in total. The third-order valence-electron chi connectivity index (χ3n) is 4.50. The number of rotatable bonds is 3. The molecule has 1 aromatic heterocycles. The summed E-state index contributed by atoms with van der Waals surface area (Å²) in [6.07, 6.45) is 1.50. The number of benzene rings is 2. The second-order valence-corrected chi connectivity index (χ2v) is 7.94. The molecule has 2 heterocycles. The van der Waals surface area contributed by atoms with Crippen molar-refractivity contribution in [3.63, 3.8) is 0 Å². The van der Waals surface area contributed by atoms with Gasteiger partial charge in [-0.05, 0) is 43.2 Å². The van der Waals surface area contributed by atoms with Crippen LogP contribution in [0.5, 0.6) is 0 Å². The van der Waals surface area contributed by atoms with Crippen molar-refractivity contribution in [2.75, 3.05) is 6.54 Å². The fourth-order valence-corrected chi connectivity index (χ4v) is 5.00. The normalized spacial score (nSPS) is 18.4. The second kappa shape index (κ2) is 5.99. The average Bonchev–Trinajstić information content (AvgIpc) is 3.28. The summed E-state index contributed by atoms with van der Waals surface area (Å²) in [5.74, 6) is 0.665. The number of imidazole rings is 1. The zero-order valence-electron chi connectivity index (χ0n) is 13.4. The highest BCUT2D eigenvalue weighted by Crippen LogP contribution is 2.36. The van der Waals surface area contributed by atoms with E-state index in [-0.39, 0.29) is 10.9 Å². The molecule has 0 saturated carbocycles. The van der Waals surface area contributed by atoms with Crippen LogP contribution in [-0.2, 0) is 10.0 Å². The molecule has 0 amide bonds. The maximum atomic E-state index is 13.1. The van der Waals surface area contributed by atoms with Crippen molar-refractivity contribution in [1.82, 2.24) is 14.3 Å². The molecular formula is C18H16N4O2S. The molecule has 6 nitrogen and oxygen atoms in total. The zero-order valence-corrected chi connectivity index (χ0v) is 14.2. The largest absolute Gasteiger partial charge is 0.341 e. The summed E-state index contributed by atoms with van der Waals surface area (Å²) >= 11 is 0. The Kier molecular flexibility index (Phi) is 3.79. The maximum absolute atomic E-state index is 13.1. The van der Waals surface area contributed by atoms with Crippen LogP contribution < -0.4 is 0 Å². The molecular weight excluding hydrogens is 336 g/mol. The van der Waals surface area contributed by atoms with Crippen molar-refractivity contribution in [2.24, 2.45) is 0 Å². The van der Waals surface area contributed by atoms with Crippen LogP contribution in [-0.4, -0.2) is 29.2 Å². The van der Waals surface area contributed by atoms with E-state index in [1.807, 2.05) is 30.3 Å². The molecule has 0 aliphatic carbocycles. The van der Waals surface area contributed by atoms with Gasteiger partial charge in [0.1, 0.15) is 5.82 Å². The van der Waals surface area contributed by atoms with E-state index in [4.69, 9.17) is 5.26 Å². The van der Waals surface area contributed by atoms with Gasteiger partial charge in [0.05, 0.1) is 33.6 Å². The number of fused-ring (bicyclic) bond motifs is 1. The Morgan fingerprint density at radius 1 is 1.20 bits per heavy atom. The van der Waals surface area contributed by atoms with E-state index in [9.17, 15) is 8.42 Å². The molecule has 126 valence electrons. The molecule has 7 heteroatoms. The van der Waals surface area contributed by atoms with Crippen molar-refractivity contribution in [3.8, 4) is 6.07 Å². The Bertz CT molecular complexity index is 1050. The van der Waals surface area contributed by atoms with Gasteiger partial charge in [-0.1, -0.05) is 18.2 Å². The summed E-state index contributed by atoms with van der Waals surface area (Å²) in [5, 5.41) is 9.03. The Labute approximate surface area is 145 Å². The highest BCUT2D eigenvalue weighted by Gasteiger charge is 2.37. The number of para-hydroxylation sites is 2. The SMILES string of the molecule is N#Cc1cccc(S(=O)(=O)N2CCCC2c2nc3ccccc3[nH]2)c1. The van der Waals surface area contributed by atoms with Gasteiger partial charge in [-0.3, -0.25) is 0 Å². The first-order chi connectivity index (χ1) is 12.1. The minimum absolute atomic E-state index is 0.148. The molecule has 0 radical (unpaired) electrons. The van der Waals surface area contributed by atoms with Gasteiger partial charge in [0.25, 0.3) is 0 Å². The monoisotopic (exact) mass is 352 g/mol. The average molecular weight is 352 g/mol. The lowest BCUT2D eigenvalue weighted by Gasteiger charge is -2.22. The van der Waals surface area contributed by atoms with Gasteiger partial charge in [-0.15, -0.1) is 0 Å². The van der Waals surface area contributed by atoms with Crippen LogP contribution in [0.2, 0.25) is 0 Å². The zero-order chi connectivity index (χ0) is 17.4. The van der Waals surface area contributed by atoms with E-state index in [2.05, 4.69) is 9.97 Å². The Hall–Kier alpha value is -2.69. The Morgan fingerprint density at radius 3 is 2.84 bits per heavy atom. The van der Waals surface area contributed by atoms with Gasteiger partial charge in [-0.25, -0.2) is 13.4 Å². The topological polar surface area (TPSA) is 89.8 Å². The first-order valence-electron chi connectivity index (χ1n) is 8.06. The lowest BCUT2D eigenvalue weighted by molar-refractivity contribution is 0.385. The number of H-pyrrole nitrogens is 1. The van der Waals surface area contributed by atoms with Gasteiger partial charge < -0.3 is 4.98 Å². The van der Waals surface area contributed by atoms with E-state index < -0.39 is 10.0 Å². The van der Waals surface area contributed by atoms with Crippen LogP contribution >= 0.6 is 0 Å². The van der Waals surface area contributed by atoms with Gasteiger partial charge in [0.2, 0.25) is 10.0 Å². The number of aromatic nitrogens is 2. The molecule has 4 rings (SSSR count). The van der Waals surface area contributed by atoms with Gasteiger partial charge in [0.15, 0.2) is 0 Å². The minimum Gasteiger partial charge on any atom is -0.341 e. The van der Waals surface area contributed by atoms with Crippen LogP contribution in [0.3, 0.4) is 0 Å². The van der Waals surface area contributed by atoms with E-state index in [0.717, 1.165) is 23.9 Å². The third-order valence-corrected chi connectivity index (χ3v) is 6.40. The highest BCUT2D eigenvalue weighted by molar-refractivity contribution is 7.89. The number of aromatic amines is 1. The number of nitrogens with one attached hydrogen (secondary N) is 1. The molecule has 1 aliphatic heterocycles. The number of nitrogens with zero attached hydrogens (tertiary/aromatic N) is 3. The van der Waals surface area contributed by atoms with E-state index in [1.165, 1.54) is 16.4 Å². The van der Waals surface area contributed by atoms with E-state index >= 15 is 0 Å². The molecule has 1 atom stereocenters. The molecule has 1 fully saturated rings. The molecule has 2 aromatic carbocycles. The summed E-state index contributed by atoms with van der Waals surface area (Å²) < 4.78 is 27.6. The van der Waals surface area contributed by atoms with E-state index in [0.29, 0.717) is 17.9 Å². The quantitative estimate of drug-likeness (QED) is 0.785. The van der Waals surface area contributed by atoms with Crippen LogP contribution in [0.1, 0.15) is 30.3 Å². The molecule has 3 aromatic rings. The number of nitriles is 1. The summed E-state index contributed by atoms with van der Waals surface area (Å²) in [6, 6.07) is 15.5. The van der Waals surface area contributed by atoms with Crippen molar-refractivity contribution in [1.29, 1.82) is 5.26 Å². The summed E-state index contributed by atoms with van der Waals surface area (Å²) in [7, 11) is -3.68. The van der Waals surface area contributed by atoms with Gasteiger partial charge in [0, 0.05) is 6.54 Å². The van der Waals surface area contributed by atoms with Crippen LogP contribution in [0.25, 0.3) is 11.0 Å². The smallest absolute Gasteiger partial charge is 0.243 e. The molecule has 1 saturated heterocycles. The Balaban J connectivity index is 1.74. The van der Waals surface area contributed by atoms with Crippen molar-refractivity contribution in [2.45, 2.75) is 23.8 Å². The molecule has 0 bridgehead atoms. The van der Waals surface area contributed by atoms with Crippen LogP contribution in [0.4, 0.5) is 0 Å². The lowest BCUT2D eigenvalue weighted by Crippen LogP contribution is -2.31. The standard InChI is InChI=1S/C18H16N4O2S/c19-12-13-5-3-6-14(11-13)25(23,24)22-10-4-9-17(22)18-20-15-7-1-2-8-16(15)21-18/h1-3,5-8,11,17H,4,9-10H2,(H,20,21). The van der Waals surface area contributed by atoms with E-state index in [1.54, 1.807) is 12.1 Å². The van der Waals surface area contributed by atoms with Crippen molar-refractivity contribution >= 4 is 21.1 Å². The van der Waals surface area contributed by atoms with Gasteiger partial charge >= 0.3 is 0 Å². The third kappa shape index (κ3) is 2.69. The van der Waals surface area contributed by atoms with Crippen molar-refractivity contribution < 1.29 is 8.42 Å². The fourth-order valence-electron chi connectivity index (χ4n) is 3.29. The second-order valence-electron chi connectivity index (χ2n) is 6.05. The lowest BCUT2D eigenvalue weighted by atomic mass is 10.2. The first kappa shape index (κ1) is 15.8. The molecule has 1 aliphatic rings. The van der Waals surface area contributed by atoms with Gasteiger partial charge in [-0.2, -0.15) is 9.57 Å². The predicted molar refractivity (Wildman–Crippen MR) is 93.1 cm³/mol. The summed E-state index contributed by atoms with van der Waals surface area (Å²) in [5.41, 5.74) is 2.06. The highest BCUT2D eigenvalue weighted by atomic mass is 32.2. The molecule has 0 spiro atoms. The molecule has 1 unspecified atom stereocenters. The fraction of sp³-hybridized carbons (Fsp3) is 0.222. The number of sulfonamides is 1. The summed E-state index contributed by atoms with van der Waals surface area (Å²) in [6.45, 7) is 0.445. The minimum atomic E-state index is -3.68.